The van der Waals surface area contributed by atoms with Gasteiger partial charge in [-0.2, -0.15) is 12.6 Å². The van der Waals surface area contributed by atoms with Crippen LogP contribution in [0.15, 0.2) is 0 Å². The molecule has 0 aromatic carbocycles. The summed E-state index contributed by atoms with van der Waals surface area (Å²) in [4.78, 5) is 0. The van der Waals surface area contributed by atoms with Crippen LogP contribution in [0.3, 0.4) is 0 Å². The van der Waals surface area contributed by atoms with Gasteiger partial charge in [0.05, 0.1) is 0 Å². The fourth-order valence-electron chi connectivity index (χ4n) is 0. The van der Waals surface area contributed by atoms with Crippen LogP contribution in [0.2, 0.25) is 0 Å². The molecule has 2 radical (unpaired) electrons. The monoisotopic (exact) mass is 93.0 g/mol. The highest BCUT2D eigenvalue weighted by atomic mass is 32.1. The van der Waals surface area contributed by atoms with Crippen LogP contribution in [-0.2, 0) is 5.48 Å². The van der Waals surface area contributed by atoms with Crippen LogP contribution in [0.25, 0.3) is 0 Å². The van der Waals surface area contributed by atoms with Crippen LogP contribution < -0.4 is 5.73 Å². The summed E-state index contributed by atoms with van der Waals surface area (Å²) in [6.45, 7) is 0.684. The van der Waals surface area contributed by atoms with Crippen molar-refractivity contribution in [3.63, 3.8) is 0 Å². The van der Waals surface area contributed by atoms with Crippen molar-refractivity contribution < 1.29 is 5.48 Å². The lowest BCUT2D eigenvalue weighted by atomic mass is 10.8. The van der Waals surface area contributed by atoms with Gasteiger partial charge in [0.15, 0.2) is 0 Å². The van der Waals surface area contributed by atoms with Crippen molar-refractivity contribution in [2.45, 2.75) is 0 Å². The molecule has 0 aliphatic carbocycles. The molecule has 0 amide bonds. The van der Waals surface area contributed by atoms with Crippen LogP contribution in [0, 0.1) is 0 Å². The summed E-state index contributed by atoms with van der Waals surface area (Å²) in [7, 11) is 0. The van der Waals surface area contributed by atoms with E-state index in [1.165, 1.54) is 0 Å². The average molecular weight is 93.2 g/mol. The highest BCUT2D eigenvalue weighted by molar-refractivity contribution is 7.80. The smallest absolute Gasteiger partial charge is 0.00255 e. The van der Waals surface area contributed by atoms with Crippen molar-refractivity contribution in [3.8, 4) is 0 Å². The zero-order valence-electron chi connectivity index (χ0n) is 2.85. The molecule has 0 bridgehead atoms. The number of hydrogen-bond donors (Lipinski definition) is 2. The average Bonchev–Trinajstić information content (AvgIpc) is 1.37. The van der Waals surface area contributed by atoms with Crippen molar-refractivity contribution in [3.05, 3.63) is 0 Å². The van der Waals surface area contributed by atoms with Gasteiger partial charge >= 0.3 is 0 Å². The second-order valence-corrected chi connectivity index (χ2v) is 0.959. The van der Waals surface area contributed by atoms with Crippen molar-refractivity contribution in [2.24, 2.45) is 5.73 Å². The maximum absolute atomic E-state index is 4.95. The highest BCUT2D eigenvalue weighted by Gasteiger charge is 1.56. The lowest BCUT2D eigenvalue weighted by molar-refractivity contribution is 0.686. The van der Waals surface area contributed by atoms with Crippen molar-refractivity contribution >= 4 is 12.6 Å². The van der Waals surface area contributed by atoms with Gasteiger partial charge in [-0.05, 0) is 0 Å². The van der Waals surface area contributed by atoms with Gasteiger partial charge in [0, 0.05) is 17.8 Å². The minimum Gasteiger partial charge on any atom is -0.330 e. The van der Waals surface area contributed by atoms with Crippen molar-refractivity contribution in [2.75, 3.05) is 12.3 Å². The zero-order valence-corrected chi connectivity index (χ0v) is 3.74. The molecule has 5 heavy (non-hydrogen) atoms. The molecule has 32 valence electrons. The molecule has 0 unspecified atom stereocenters. The first kappa shape index (κ1) is 8.99. The summed E-state index contributed by atoms with van der Waals surface area (Å²) >= 11 is 3.80. The van der Waals surface area contributed by atoms with Gasteiger partial charge in [0.25, 0.3) is 0 Å². The topological polar surface area (TPSA) is 54.5 Å². The first-order valence-corrected chi connectivity index (χ1v) is 1.86. The van der Waals surface area contributed by atoms with Crippen LogP contribution in [0.4, 0.5) is 0 Å². The number of rotatable bonds is 1. The predicted molar refractivity (Wildman–Crippen MR) is 23.6 cm³/mol. The first-order valence-electron chi connectivity index (χ1n) is 1.22. The molecule has 0 fully saturated rings. The van der Waals surface area contributed by atoms with Crippen LogP contribution in [-0.4, -0.2) is 12.3 Å². The molecule has 0 aromatic rings. The zero-order chi connectivity index (χ0) is 3.41. The van der Waals surface area contributed by atoms with E-state index in [1.54, 1.807) is 0 Å². The first-order chi connectivity index (χ1) is 1.91. The van der Waals surface area contributed by atoms with Gasteiger partial charge in [-0.15, -0.1) is 0 Å². The van der Waals surface area contributed by atoms with Gasteiger partial charge in [0.1, 0.15) is 0 Å². The summed E-state index contributed by atoms with van der Waals surface area (Å²) in [5, 5.41) is 0. The summed E-state index contributed by atoms with van der Waals surface area (Å²) in [5.41, 5.74) is 4.95. The lowest BCUT2D eigenvalue weighted by Crippen LogP contribution is -1.97. The number of hydrogen-bond acceptors (Lipinski definition) is 2. The molecular weight excluding hydrogens is 86.1 g/mol. The Labute approximate surface area is 37.1 Å². The molecule has 2 N–H and O–H groups in total. The van der Waals surface area contributed by atoms with Crippen LogP contribution >= 0.6 is 12.6 Å². The van der Waals surface area contributed by atoms with Crippen molar-refractivity contribution in [1.82, 2.24) is 0 Å². The second kappa shape index (κ2) is 8.86. The molecule has 0 aliphatic heterocycles. The number of thiol groups is 1. The van der Waals surface area contributed by atoms with E-state index in [0.717, 1.165) is 5.75 Å². The second-order valence-electron chi connectivity index (χ2n) is 0.512. The number of nitrogens with two attached hydrogens (primary N) is 1. The minimum atomic E-state index is 0. The maximum Gasteiger partial charge on any atom is 0.00255 e. The Bertz CT molecular complexity index is 11.6. The molecule has 0 saturated heterocycles. The van der Waals surface area contributed by atoms with E-state index in [1.807, 2.05) is 0 Å². The lowest BCUT2D eigenvalue weighted by Gasteiger charge is -1.69. The Morgan fingerprint density at radius 2 is 1.80 bits per heavy atom. The van der Waals surface area contributed by atoms with E-state index in [4.69, 9.17) is 5.73 Å². The van der Waals surface area contributed by atoms with E-state index in [2.05, 4.69) is 12.6 Å². The summed E-state index contributed by atoms with van der Waals surface area (Å²) in [5.74, 6) is 0.792. The summed E-state index contributed by atoms with van der Waals surface area (Å²) in [6, 6.07) is 0. The van der Waals surface area contributed by atoms with Gasteiger partial charge in [-0.1, -0.05) is 0 Å². The predicted octanol–water partition coefficient (Wildman–Crippen LogP) is -0.244. The summed E-state index contributed by atoms with van der Waals surface area (Å²) in [6.07, 6.45) is 0. The Hall–Kier alpha value is 0.270. The molecular formula is C2H7NOS. The largest absolute Gasteiger partial charge is 0.330 e. The Balaban J connectivity index is 0. The maximum atomic E-state index is 4.95. The molecule has 0 aliphatic rings. The van der Waals surface area contributed by atoms with Gasteiger partial charge < -0.3 is 5.73 Å². The minimum absolute atomic E-state index is 0. The standard InChI is InChI=1S/C2H7NS.O/c3-1-2-4;/h4H,1-3H2;. The molecule has 0 saturated carbocycles. The molecule has 0 aromatic heterocycles. The van der Waals surface area contributed by atoms with Gasteiger partial charge in [0.2, 0.25) is 0 Å². The Morgan fingerprint density at radius 3 is 1.80 bits per heavy atom. The molecule has 3 heteroatoms. The van der Waals surface area contributed by atoms with Crippen molar-refractivity contribution in [1.29, 1.82) is 0 Å². The fraction of sp³-hybridized carbons (Fsp3) is 1.00. The third kappa shape index (κ3) is 13.6. The van der Waals surface area contributed by atoms with Crippen LogP contribution in [0.1, 0.15) is 0 Å². The highest BCUT2D eigenvalue weighted by Crippen LogP contribution is 1.58. The molecule has 2 nitrogen and oxygen atoms in total. The third-order valence-corrected chi connectivity index (χ3v) is 0.387. The third-order valence-electron chi connectivity index (χ3n) is 0.129. The Morgan fingerprint density at radius 1 is 1.60 bits per heavy atom. The van der Waals surface area contributed by atoms with E-state index >= 15 is 0 Å². The van der Waals surface area contributed by atoms with E-state index < -0.39 is 0 Å². The molecule has 0 atom stereocenters. The van der Waals surface area contributed by atoms with E-state index in [-0.39, 0.29) is 5.48 Å². The SMILES string of the molecule is NCCS.[O]. The van der Waals surface area contributed by atoms with Crippen LogP contribution in [0.5, 0.6) is 0 Å². The molecule has 0 rings (SSSR count). The van der Waals surface area contributed by atoms with Gasteiger partial charge in [-0.25, -0.2) is 0 Å². The van der Waals surface area contributed by atoms with E-state index in [0.29, 0.717) is 6.54 Å². The Kier molecular flexibility index (Phi) is 15.9. The molecule has 0 heterocycles. The quantitative estimate of drug-likeness (QED) is 0.432. The fourth-order valence-corrected chi connectivity index (χ4v) is 0. The van der Waals surface area contributed by atoms with Gasteiger partial charge in [-0.3, -0.25) is 0 Å². The van der Waals surface area contributed by atoms with E-state index in [9.17, 15) is 0 Å². The normalized spacial score (nSPS) is 6.00. The summed E-state index contributed by atoms with van der Waals surface area (Å²) < 4.78 is 0. The molecule has 0 spiro atoms.